The Morgan fingerprint density at radius 2 is 1.55 bits per heavy atom. The van der Waals surface area contributed by atoms with Crippen LogP contribution in [0.3, 0.4) is 0 Å². The predicted octanol–water partition coefficient (Wildman–Crippen LogP) is 4.27. The molecule has 1 aliphatic rings. The van der Waals surface area contributed by atoms with Gasteiger partial charge in [-0.2, -0.15) is 39.5 Å². The van der Waals surface area contributed by atoms with Gasteiger partial charge in [-0.25, -0.2) is 4.79 Å². The van der Waals surface area contributed by atoms with Crippen LogP contribution in [-0.4, -0.2) is 35.0 Å². The predicted molar refractivity (Wildman–Crippen MR) is 54.0 cm³/mol. The van der Waals surface area contributed by atoms with Crippen LogP contribution >= 0.6 is 0 Å². The highest BCUT2D eigenvalue weighted by molar-refractivity contribution is 5.87. The summed E-state index contributed by atoms with van der Waals surface area (Å²) in [6.45, 7) is 0. The first-order chi connectivity index (χ1) is 9.65. The molecule has 0 aromatic rings. The van der Waals surface area contributed by atoms with E-state index in [-0.39, 0.29) is 12.8 Å². The van der Waals surface area contributed by atoms with Crippen molar-refractivity contribution in [2.75, 3.05) is 0 Å². The van der Waals surface area contributed by atoms with Crippen molar-refractivity contribution in [2.45, 2.75) is 43.2 Å². The van der Waals surface area contributed by atoms with Crippen molar-refractivity contribution < 1.29 is 49.4 Å². The van der Waals surface area contributed by atoms with Crippen LogP contribution in [-0.2, 0) is 4.79 Å². The van der Waals surface area contributed by atoms with Crippen molar-refractivity contribution >= 4 is 5.97 Å². The van der Waals surface area contributed by atoms with Crippen molar-refractivity contribution in [1.29, 1.82) is 0 Å². The molecule has 0 amide bonds. The van der Waals surface area contributed by atoms with Crippen molar-refractivity contribution in [3.8, 4) is 0 Å². The maximum atomic E-state index is 13.4. The van der Waals surface area contributed by atoms with Crippen molar-refractivity contribution in [1.82, 2.24) is 0 Å². The minimum atomic E-state index is -6.95. The number of alkyl halides is 9. The Kier molecular flexibility index (Phi) is 4.52. The number of carboxylic acid groups (broad SMARTS) is 1. The van der Waals surface area contributed by atoms with Crippen LogP contribution in [0.5, 0.6) is 0 Å². The molecule has 1 atom stereocenters. The van der Waals surface area contributed by atoms with E-state index >= 15 is 0 Å². The second-order valence-corrected chi connectivity index (χ2v) is 4.79. The normalized spacial score (nSPS) is 21.0. The monoisotopic (exact) mass is 344 g/mol. The lowest BCUT2D eigenvalue weighted by atomic mass is 9.89. The second-order valence-electron chi connectivity index (χ2n) is 4.79. The molecule has 2 nitrogen and oxygen atoms in total. The van der Waals surface area contributed by atoms with Gasteiger partial charge in [0.25, 0.3) is 0 Å². The molecule has 1 rings (SSSR count). The van der Waals surface area contributed by atoms with E-state index < -0.39 is 47.8 Å². The summed E-state index contributed by atoms with van der Waals surface area (Å²) >= 11 is 0. The molecule has 128 valence electrons. The molecule has 0 radical (unpaired) electrons. The van der Waals surface area contributed by atoms with Crippen LogP contribution in [0.25, 0.3) is 0 Å². The van der Waals surface area contributed by atoms with Crippen LogP contribution in [0.2, 0.25) is 0 Å². The Labute approximate surface area is 117 Å². The molecule has 0 saturated heterocycles. The van der Waals surface area contributed by atoms with Gasteiger partial charge in [0.05, 0.1) is 0 Å². The Balaban J connectivity index is 3.08. The lowest BCUT2D eigenvalue weighted by molar-refractivity contribution is -0.397. The first-order valence-electron chi connectivity index (χ1n) is 5.78. The highest BCUT2D eigenvalue weighted by atomic mass is 19.4. The molecule has 1 aliphatic carbocycles. The maximum absolute atomic E-state index is 13.4. The molecule has 0 spiro atoms. The zero-order valence-corrected chi connectivity index (χ0v) is 10.5. The van der Waals surface area contributed by atoms with Crippen LogP contribution < -0.4 is 0 Å². The van der Waals surface area contributed by atoms with E-state index in [1.807, 2.05) is 0 Å². The molecular formula is C11H9F9O2. The summed E-state index contributed by atoms with van der Waals surface area (Å²) in [6.07, 6.45) is -8.50. The maximum Gasteiger partial charge on any atom is 0.460 e. The van der Waals surface area contributed by atoms with E-state index in [0.29, 0.717) is 0 Å². The van der Waals surface area contributed by atoms with Crippen molar-refractivity contribution in [3.63, 3.8) is 0 Å². The average molecular weight is 344 g/mol. The first kappa shape index (κ1) is 18.6. The summed E-state index contributed by atoms with van der Waals surface area (Å²) in [4.78, 5) is 10.7. The Bertz CT molecular complexity index is 478. The molecule has 0 aromatic carbocycles. The van der Waals surface area contributed by atoms with Crippen molar-refractivity contribution in [2.24, 2.45) is 5.92 Å². The molecule has 0 aromatic heterocycles. The summed E-state index contributed by atoms with van der Waals surface area (Å²) in [5.41, 5.74) is -0.703. The van der Waals surface area contributed by atoms with Crippen LogP contribution in [0, 0.1) is 5.92 Å². The lowest BCUT2D eigenvalue weighted by Crippen LogP contribution is -2.61. The smallest absolute Gasteiger partial charge is 0.460 e. The minimum Gasteiger partial charge on any atom is -0.478 e. The van der Waals surface area contributed by atoms with E-state index in [1.165, 1.54) is 0 Å². The van der Waals surface area contributed by atoms with Gasteiger partial charge in [-0.1, -0.05) is 6.08 Å². The zero-order chi connectivity index (χ0) is 17.6. The quantitative estimate of drug-likeness (QED) is 0.757. The molecule has 22 heavy (non-hydrogen) atoms. The molecule has 0 heterocycles. The molecule has 0 saturated carbocycles. The van der Waals surface area contributed by atoms with Gasteiger partial charge in [0, 0.05) is 12.0 Å². The topological polar surface area (TPSA) is 37.3 Å². The fourth-order valence-corrected chi connectivity index (χ4v) is 2.08. The van der Waals surface area contributed by atoms with Gasteiger partial charge in [-0.15, -0.1) is 0 Å². The standard InChI is InChI=1S/C11H9F9O2/c12-8(13,4-5-2-1-3-6(5)7(21)22)9(14,15)10(16,17)11(18,19)20/h3,5H,1-2,4H2,(H,21,22). The summed E-state index contributed by atoms with van der Waals surface area (Å²) < 4.78 is 114. The van der Waals surface area contributed by atoms with E-state index in [9.17, 15) is 44.3 Å². The van der Waals surface area contributed by atoms with Gasteiger partial charge in [0.1, 0.15) is 0 Å². The number of halogens is 9. The number of hydrogen-bond acceptors (Lipinski definition) is 1. The summed E-state index contributed by atoms with van der Waals surface area (Å²) in [7, 11) is 0. The van der Waals surface area contributed by atoms with Crippen molar-refractivity contribution in [3.05, 3.63) is 11.6 Å². The van der Waals surface area contributed by atoms with Gasteiger partial charge >= 0.3 is 29.9 Å². The third-order valence-electron chi connectivity index (χ3n) is 3.28. The van der Waals surface area contributed by atoms with Gasteiger partial charge in [0.15, 0.2) is 0 Å². The fraction of sp³-hybridized carbons (Fsp3) is 0.727. The number of carboxylic acids is 1. The van der Waals surface area contributed by atoms with Crippen LogP contribution in [0.1, 0.15) is 19.3 Å². The van der Waals surface area contributed by atoms with E-state index in [0.717, 1.165) is 6.08 Å². The van der Waals surface area contributed by atoms with Gasteiger partial charge < -0.3 is 5.11 Å². The Morgan fingerprint density at radius 1 is 1.05 bits per heavy atom. The molecule has 0 aliphatic heterocycles. The van der Waals surface area contributed by atoms with Crippen LogP contribution in [0.15, 0.2) is 11.6 Å². The molecule has 1 unspecified atom stereocenters. The first-order valence-corrected chi connectivity index (χ1v) is 5.78. The Hall–Kier alpha value is -1.42. The number of aliphatic carboxylic acids is 1. The fourth-order valence-electron chi connectivity index (χ4n) is 2.08. The molecular weight excluding hydrogens is 335 g/mol. The Morgan fingerprint density at radius 3 is 1.95 bits per heavy atom. The number of rotatable bonds is 5. The minimum absolute atomic E-state index is 0.0797. The highest BCUT2D eigenvalue weighted by Gasteiger charge is 2.81. The summed E-state index contributed by atoms with van der Waals surface area (Å²) in [5.74, 6) is -22.8. The van der Waals surface area contributed by atoms with Gasteiger partial charge in [0.2, 0.25) is 0 Å². The number of carbonyl (C=O) groups is 1. The average Bonchev–Trinajstić information content (AvgIpc) is 2.74. The largest absolute Gasteiger partial charge is 0.478 e. The summed E-state index contributed by atoms with van der Waals surface area (Å²) in [5, 5.41) is 8.64. The zero-order valence-electron chi connectivity index (χ0n) is 10.5. The summed E-state index contributed by atoms with van der Waals surface area (Å²) in [6, 6.07) is 0. The van der Waals surface area contributed by atoms with E-state index in [2.05, 4.69) is 0 Å². The SMILES string of the molecule is O=C(O)C1=CCCC1CC(F)(F)C(F)(F)C(F)(F)C(F)(F)F. The molecule has 1 N–H and O–H groups in total. The highest BCUT2D eigenvalue weighted by Crippen LogP contribution is 2.55. The van der Waals surface area contributed by atoms with Gasteiger partial charge in [-0.05, 0) is 18.8 Å². The van der Waals surface area contributed by atoms with Crippen LogP contribution in [0.4, 0.5) is 39.5 Å². The molecule has 0 fully saturated rings. The van der Waals surface area contributed by atoms with E-state index in [4.69, 9.17) is 5.11 Å². The lowest BCUT2D eigenvalue weighted by Gasteiger charge is -2.34. The molecule has 0 bridgehead atoms. The van der Waals surface area contributed by atoms with E-state index in [1.54, 1.807) is 0 Å². The van der Waals surface area contributed by atoms with Gasteiger partial charge in [-0.3, -0.25) is 0 Å². The third kappa shape index (κ3) is 2.89. The number of allylic oxidation sites excluding steroid dienone is 1. The number of hydrogen-bond donors (Lipinski definition) is 1. The third-order valence-corrected chi connectivity index (χ3v) is 3.28. The second kappa shape index (κ2) is 5.34. The molecule has 11 heteroatoms.